The zero-order valence-electron chi connectivity index (χ0n) is 34.6. The molecule has 0 saturated carbocycles. The number of thiazole rings is 1. The van der Waals surface area contributed by atoms with Crippen LogP contribution in [0.5, 0.6) is 17.2 Å². The number of hydrogen-bond donors (Lipinski definition) is 1. The van der Waals surface area contributed by atoms with E-state index in [2.05, 4.69) is 64.0 Å². The Kier molecular flexibility index (Phi) is 21.8. The highest BCUT2D eigenvalue weighted by atomic mass is 32.4. The Bertz CT molecular complexity index is 2370. The molecule has 0 atom stereocenters. The Morgan fingerprint density at radius 3 is 2.03 bits per heavy atom. The number of ether oxygens (including phenoxy) is 3. The van der Waals surface area contributed by atoms with Crippen LogP contribution in [0, 0.1) is 6.92 Å². The molecule has 7 nitrogen and oxygen atoms in total. The molecule has 16 heteroatoms. The fourth-order valence-electron chi connectivity index (χ4n) is 7.04. The van der Waals surface area contributed by atoms with Crippen molar-refractivity contribution in [2.45, 2.75) is 70.0 Å². The summed E-state index contributed by atoms with van der Waals surface area (Å²) < 4.78 is 57.7. The molecule has 0 aliphatic heterocycles. The number of fused-ring (bicyclic) bond motifs is 4. The van der Waals surface area contributed by atoms with E-state index in [9.17, 15) is 22.8 Å². The lowest BCUT2D eigenvalue weighted by Crippen LogP contribution is -2.47. The molecule has 0 spiro atoms. The van der Waals surface area contributed by atoms with Gasteiger partial charge in [-0.3, -0.25) is 9.59 Å². The van der Waals surface area contributed by atoms with Crippen molar-refractivity contribution in [3.05, 3.63) is 137 Å². The third-order valence-electron chi connectivity index (χ3n) is 9.80. The molecule has 0 saturated heterocycles. The monoisotopic (exact) mass is 970 g/mol. The maximum absolute atomic E-state index is 13.6. The molecule has 1 N–H and O–H groups in total. The van der Waals surface area contributed by atoms with Crippen LogP contribution in [0.3, 0.4) is 0 Å². The van der Waals surface area contributed by atoms with E-state index in [-0.39, 0.29) is 13.2 Å². The zero-order chi connectivity index (χ0) is 45.3. The number of alkyl halides is 3. The molecule has 334 valence electrons. The van der Waals surface area contributed by atoms with Gasteiger partial charge in [0.15, 0.2) is 10.1 Å². The molecule has 7 rings (SSSR count). The molecule has 0 bridgehead atoms. The summed E-state index contributed by atoms with van der Waals surface area (Å²) >= 11 is 11.1. The number of halogens is 3. The SMILES string of the molecule is C.CCOc1ccc2nc(SCCCCC3(C(=O)NCC(F)(F)F)c4ccccc4-c4ccccc43)sc2c1.COc1cc(OCc2ccc(C)cc2)ccc1C(C)=O.P=S.P=S. The largest absolute Gasteiger partial charge is 0.496 e. The molecule has 1 heterocycles. The Morgan fingerprint density at radius 1 is 0.841 bits per heavy atom. The minimum absolute atomic E-state index is 0. The molecule has 6 aromatic rings. The van der Waals surface area contributed by atoms with Crippen LogP contribution in [0.15, 0.2) is 114 Å². The van der Waals surface area contributed by atoms with Crippen LogP contribution in [0.25, 0.3) is 21.3 Å². The lowest BCUT2D eigenvalue weighted by Gasteiger charge is -2.31. The van der Waals surface area contributed by atoms with Gasteiger partial charge in [-0.2, -0.15) is 13.2 Å². The van der Waals surface area contributed by atoms with Crippen molar-refractivity contribution in [1.29, 1.82) is 0 Å². The van der Waals surface area contributed by atoms with Gasteiger partial charge in [0, 0.05) is 11.8 Å². The summed E-state index contributed by atoms with van der Waals surface area (Å²) in [6, 6.07) is 34.4. The van der Waals surface area contributed by atoms with Crippen molar-refractivity contribution >= 4 is 84.6 Å². The quantitative estimate of drug-likeness (QED) is 0.0468. The van der Waals surface area contributed by atoms with Crippen LogP contribution in [0.4, 0.5) is 13.2 Å². The van der Waals surface area contributed by atoms with Crippen LogP contribution in [-0.2, 0) is 40.4 Å². The molecule has 63 heavy (non-hydrogen) atoms. The van der Waals surface area contributed by atoms with Crippen molar-refractivity contribution in [2.75, 3.05) is 26.0 Å². The lowest BCUT2D eigenvalue weighted by atomic mass is 9.73. The third kappa shape index (κ3) is 14.1. The summed E-state index contributed by atoms with van der Waals surface area (Å²) in [6.45, 7) is 5.27. The standard InChI is InChI=1S/C29H27F3N2O2S2.C17H18O3.CH4.2HPS/c1-2-36-19-13-14-24-25(17-19)38-27(34-24)37-16-8-7-15-28(26(35)33-18-29(30,31)32)22-11-5-3-9-20(22)21-10-4-6-12-23(21)28;1-12-4-6-14(7-5-12)11-20-15-8-9-16(13(2)18)17(10-15)19-3;;2*1-2/h3-6,9-14,17H,2,7-8,15-16,18H2,1H3,(H,33,35);4-10H,11H2,1-3H3;1H4;2*1H. The number of nitrogens with zero attached hydrogens (tertiary/aromatic N) is 1. The Morgan fingerprint density at radius 2 is 1.44 bits per heavy atom. The number of aromatic nitrogens is 1. The van der Waals surface area contributed by atoms with Crippen molar-refractivity contribution < 1.29 is 37.0 Å². The highest BCUT2D eigenvalue weighted by Crippen LogP contribution is 2.51. The Balaban J connectivity index is 0.000000358. The second-order valence-corrected chi connectivity index (χ2v) is 16.2. The van der Waals surface area contributed by atoms with Crippen molar-refractivity contribution in [2.24, 2.45) is 0 Å². The number of ketones is 1. The van der Waals surface area contributed by atoms with E-state index >= 15 is 0 Å². The summed E-state index contributed by atoms with van der Waals surface area (Å²) in [4.78, 5) is 29.7. The summed E-state index contributed by atoms with van der Waals surface area (Å²) in [5.41, 5.74) is 6.01. The average Bonchev–Trinajstić information content (AvgIpc) is 3.83. The number of carbonyl (C=O) groups excluding carboxylic acids is 2. The van der Waals surface area contributed by atoms with E-state index in [1.54, 1.807) is 48.4 Å². The first-order valence-corrected chi connectivity index (χ1v) is 24.5. The van der Waals surface area contributed by atoms with Crippen molar-refractivity contribution in [1.82, 2.24) is 10.3 Å². The molecule has 0 unspecified atom stereocenters. The molecule has 1 amide bonds. The number of nitrogens with one attached hydrogen (secondary N) is 1. The second kappa shape index (κ2) is 25.9. The predicted octanol–water partition coefficient (Wildman–Crippen LogP) is 13.2. The number of thioether (sulfide) groups is 1. The smallest absolute Gasteiger partial charge is 0.405 e. The van der Waals surface area contributed by atoms with Gasteiger partial charge in [-0.15, -0.1) is 11.3 Å². The Hall–Kier alpha value is -4.29. The van der Waals surface area contributed by atoms with Gasteiger partial charge >= 0.3 is 6.18 Å². The molecular weight excluding hydrogens is 920 g/mol. The van der Waals surface area contributed by atoms with Gasteiger partial charge in [0.2, 0.25) is 5.91 Å². The second-order valence-electron chi connectivity index (χ2n) is 13.8. The number of benzene rings is 5. The number of methoxy groups -OCH3 is 1. The minimum Gasteiger partial charge on any atom is -0.496 e. The summed E-state index contributed by atoms with van der Waals surface area (Å²) in [6.07, 6.45) is -2.59. The number of aryl methyl sites for hydroxylation is 1. The van der Waals surface area contributed by atoms with Crippen molar-refractivity contribution in [3.63, 3.8) is 0 Å². The number of unbranched alkanes of at least 4 members (excludes halogenated alkanes) is 1. The van der Waals surface area contributed by atoms with Gasteiger partial charge in [-0.05, 0) is 108 Å². The van der Waals surface area contributed by atoms with Gasteiger partial charge in [0.25, 0.3) is 0 Å². The third-order valence-corrected chi connectivity index (χ3v) is 12.0. The maximum Gasteiger partial charge on any atom is 0.405 e. The molecule has 1 aromatic heterocycles. The summed E-state index contributed by atoms with van der Waals surface area (Å²) in [5.74, 6) is 2.22. The molecule has 1 aliphatic carbocycles. The molecular formula is C47H51F3N2O5P2S4. The first-order chi connectivity index (χ1) is 29.9. The van der Waals surface area contributed by atoms with Crippen molar-refractivity contribution in [3.8, 4) is 28.4 Å². The van der Waals surface area contributed by atoms with Gasteiger partial charge in [0.05, 0.1) is 29.5 Å². The van der Waals surface area contributed by atoms with E-state index in [4.69, 9.17) is 19.2 Å². The van der Waals surface area contributed by atoms with E-state index < -0.39 is 24.0 Å². The van der Waals surface area contributed by atoms with Gasteiger partial charge in [-0.1, -0.05) is 128 Å². The predicted molar refractivity (Wildman–Crippen MR) is 264 cm³/mol. The minimum atomic E-state index is -4.48. The first-order valence-electron chi connectivity index (χ1n) is 19.4. The summed E-state index contributed by atoms with van der Waals surface area (Å²) in [7, 11) is 6.66. The molecule has 5 aromatic carbocycles. The van der Waals surface area contributed by atoms with E-state index in [1.165, 1.54) is 12.5 Å². The highest BCUT2D eigenvalue weighted by molar-refractivity contribution is 8.01. The molecule has 0 fully saturated rings. The Labute approximate surface area is 391 Å². The maximum atomic E-state index is 13.6. The molecule has 0 radical (unpaired) electrons. The van der Waals surface area contributed by atoms with Crippen LogP contribution in [-0.4, -0.2) is 48.9 Å². The van der Waals surface area contributed by atoms with Crippen LogP contribution in [0.1, 0.15) is 73.1 Å². The number of rotatable bonds is 15. The number of amides is 1. The number of carbonyl (C=O) groups is 2. The van der Waals surface area contributed by atoms with Crippen LogP contribution >= 0.6 is 39.1 Å². The van der Waals surface area contributed by atoms with E-state index in [0.717, 1.165) is 60.3 Å². The summed E-state index contributed by atoms with van der Waals surface area (Å²) in [5, 5.41) is 2.19. The first kappa shape index (κ1) is 53.1. The van der Waals surface area contributed by atoms with Gasteiger partial charge in [0.1, 0.15) is 35.8 Å². The molecule has 1 aliphatic rings. The van der Waals surface area contributed by atoms with Gasteiger partial charge < -0.3 is 19.5 Å². The number of Topliss-reactive ketones (excluding diaryl/α,β-unsaturated/α-hetero) is 1. The average molecular weight is 971 g/mol. The highest BCUT2D eigenvalue weighted by Gasteiger charge is 2.49. The van der Waals surface area contributed by atoms with E-state index in [1.807, 2.05) is 85.8 Å². The van der Waals surface area contributed by atoms with E-state index in [0.29, 0.717) is 43.1 Å². The fourth-order valence-corrected chi connectivity index (χ4v) is 9.21. The van der Waals surface area contributed by atoms with Crippen LogP contribution < -0.4 is 19.5 Å². The van der Waals surface area contributed by atoms with Crippen LogP contribution in [0.2, 0.25) is 0 Å². The fraction of sp³-hybridized carbons (Fsp3) is 0.298. The van der Waals surface area contributed by atoms with Gasteiger partial charge in [-0.25, -0.2) is 4.98 Å². The number of hydrogen-bond acceptors (Lipinski definition) is 10. The topological polar surface area (TPSA) is 86.8 Å². The lowest BCUT2D eigenvalue weighted by molar-refractivity contribution is -0.141. The zero-order valence-corrected chi connectivity index (χ0v) is 39.9. The normalized spacial score (nSPS) is 11.7.